The number of benzene rings is 1. The molecule has 3 rings (SSSR count). The molecule has 1 heterocycles. The maximum Gasteiger partial charge on any atom is 0.260 e. The fraction of sp³-hybridized carbons (Fsp3) is 0.500. The number of aryl methyl sites for hydroxylation is 1. The lowest BCUT2D eigenvalue weighted by atomic mass is 10.1. The molecule has 1 aliphatic heterocycles. The first-order valence-corrected chi connectivity index (χ1v) is 7.53. The molecule has 112 valence electrons. The highest BCUT2D eigenvalue weighted by molar-refractivity contribution is 6.04. The number of carbonyl (C=O) groups is 1. The smallest absolute Gasteiger partial charge is 0.260 e. The summed E-state index contributed by atoms with van der Waals surface area (Å²) >= 11 is 0. The fourth-order valence-electron chi connectivity index (χ4n) is 3.02. The summed E-state index contributed by atoms with van der Waals surface area (Å²) in [7, 11) is 0. The number of nitrogens with zero attached hydrogens (tertiary/aromatic N) is 2. The zero-order chi connectivity index (χ0) is 14.7. The predicted molar refractivity (Wildman–Crippen MR) is 79.0 cm³/mol. The van der Waals surface area contributed by atoms with Gasteiger partial charge < -0.3 is 14.8 Å². The van der Waals surface area contributed by atoms with Crippen LogP contribution in [0.15, 0.2) is 23.4 Å². The van der Waals surface area contributed by atoms with Crippen LogP contribution in [0.1, 0.15) is 36.8 Å². The van der Waals surface area contributed by atoms with Crippen LogP contribution >= 0.6 is 0 Å². The van der Waals surface area contributed by atoms with E-state index in [1.54, 1.807) is 0 Å². The van der Waals surface area contributed by atoms with Crippen molar-refractivity contribution in [1.29, 1.82) is 0 Å². The van der Waals surface area contributed by atoms with Crippen LogP contribution in [0.3, 0.4) is 0 Å². The average molecular weight is 288 g/mol. The second kappa shape index (κ2) is 6.16. The van der Waals surface area contributed by atoms with Crippen molar-refractivity contribution in [2.24, 2.45) is 5.16 Å². The maximum absolute atomic E-state index is 12.1. The first-order valence-electron chi connectivity index (χ1n) is 7.53. The molecule has 0 aromatic heterocycles. The van der Waals surface area contributed by atoms with Crippen LogP contribution in [0.4, 0.5) is 0 Å². The molecular formula is C16H20N2O3. The highest BCUT2D eigenvalue weighted by Gasteiger charge is 2.20. The van der Waals surface area contributed by atoms with Gasteiger partial charge in [0.25, 0.3) is 5.91 Å². The van der Waals surface area contributed by atoms with Crippen LogP contribution in [-0.2, 0) is 11.2 Å². The molecule has 0 bridgehead atoms. The molecule has 0 radical (unpaired) electrons. The molecule has 1 aromatic carbocycles. The van der Waals surface area contributed by atoms with E-state index in [2.05, 4.69) is 5.16 Å². The Bertz CT molecular complexity index is 563. The maximum atomic E-state index is 12.1. The molecule has 2 aliphatic rings. The van der Waals surface area contributed by atoms with E-state index in [4.69, 9.17) is 9.94 Å². The number of likely N-dealkylation sites (tertiary alicyclic amines) is 1. The lowest BCUT2D eigenvalue weighted by molar-refractivity contribution is -0.134. The van der Waals surface area contributed by atoms with Crippen molar-refractivity contribution in [3.8, 4) is 5.75 Å². The summed E-state index contributed by atoms with van der Waals surface area (Å²) in [6, 6.07) is 5.67. The monoisotopic (exact) mass is 288 g/mol. The Morgan fingerprint density at radius 2 is 2.05 bits per heavy atom. The summed E-state index contributed by atoms with van der Waals surface area (Å²) in [5.41, 5.74) is 2.82. The van der Waals surface area contributed by atoms with E-state index < -0.39 is 0 Å². The minimum atomic E-state index is 0.0628. The van der Waals surface area contributed by atoms with Crippen molar-refractivity contribution in [1.82, 2.24) is 4.90 Å². The van der Waals surface area contributed by atoms with E-state index in [1.165, 1.54) is 6.42 Å². The van der Waals surface area contributed by atoms with Crippen LogP contribution in [0, 0.1) is 0 Å². The van der Waals surface area contributed by atoms with Gasteiger partial charge in [-0.25, -0.2) is 0 Å². The van der Waals surface area contributed by atoms with E-state index in [0.29, 0.717) is 5.75 Å². The summed E-state index contributed by atoms with van der Waals surface area (Å²) in [5, 5.41) is 12.2. The third-order valence-corrected chi connectivity index (χ3v) is 4.21. The van der Waals surface area contributed by atoms with Gasteiger partial charge in [0.2, 0.25) is 0 Å². The second-order valence-corrected chi connectivity index (χ2v) is 5.60. The number of ether oxygens (including phenoxy) is 1. The third-order valence-electron chi connectivity index (χ3n) is 4.21. The van der Waals surface area contributed by atoms with E-state index in [9.17, 15) is 4.79 Å². The van der Waals surface area contributed by atoms with E-state index in [1.807, 2.05) is 23.1 Å². The number of rotatable bonds is 3. The summed E-state index contributed by atoms with van der Waals surface area (Å²) in [4.78, 5) is 13.9. The first-order chi connectivity index (χ1) is 10.3. The minimum absolute atomic E-state index is 0.0628. The van der Waals surface area contributed by atoms with Crippen LogP contribution in [0.25, 0.3) is 0 Å². The summed E-state index contributed by atoms with van der Waals surface area (Å²) in [6.07, 6.45) is 5.00. The molecule has 1 saturated heterocycles. The molecule has 0 spiro atoms. The van der Waals surface area contributed by atoms with Gasteiger partial charge in [0.15, 0.2) is 6.61 Å². The van der Waals surface area contributed by atoms with Gasteiger partial charge >= 0.3 is 0 Å². The molecule has 21 heavy (non-hydrogen) atoms. The van der Waals surface area contributed by atoms with Gasteiger partial charge in [-0.3, -0.25) is 4.79 Å². The Balaban J connectivity index is 1.60. The van der Waals surface area contributed by atoms with Gasteiger partial charge in [0.1, 0.15) is 5.75 Å². The predicted octanol–water partition coefficient (Wildman–Crippen LogP) is 2.20. The molecule has 0 atom stereocenters. The van der Waals surface area contributed by atoms with Crippen LogP contribution in [0.2, 0.25) is 0 Å². The summed E-state index contributed by atoms with van der Waals surface area (Å²) in [5.74, 6) is 0.770. The summed E-state index contributed by atoms with van der Waals surface area (Å²) < 4.78 is 5.62. The van der Waals surface area contributed by atoms with Gasteiger partial charge in [-0.05, 0) is 55.9 Å². The number of hydrogen-bond donors (Lipinski definition) is 1. The number of fused-ring (bicyclic) bond motifs is 1. The second-order valence-electron chi connectivity index (χ2n) is 5.60. The Kier molecular flexibility index (Phi) is 4.08. The number of piperidine rings is 1. The van der Waals surface area contributed by atoms with E-state index in [0.717, 1.165) is 55.6 Å². The number of amides is 1. The van der Waals surface area contributed by atoms with Crippen LogP contribution in [0.5, 0.6) is 5.75 Å². The average Bonchev–Trinajstić information content (AvgIpc) is 2.95. The normalized spacial score (nSPS) is 19.6. The molecule has 0 unspecified atom stereocenters. The van der Waals surface area contributed by atoms with E-state index in [-0.39, 0.29) is 12.5 Å². The van der Waals surface area contributed by atoms with Crippen molar-refractivity contribution in [2.75, 3.05) is 19.7 Å². The molecule has 1 N–H and O–H groups in total. The molecule has 1 fully saturated rings. The molecule has 1 aliphatic carbocycles. The molecule has 5 heteroatoms. The topological polar surface area (TPSA) is 62.1 Å². The number of hydrogen-bond acceptors (Lipinski definition) is 4. The fourth-order valence-corrected chi connectivity index (χ4v) is 3.02. The lowest BCUT2D eigenvalue weighted by Gasteiger charge is -2.26. The molecular weight excluding hydrogens is 268 g/mol. The van der Waals surface area contributed by atoms with Crippen LogP contribution < -0.4 is 4.74 Å². The first kappa shape index (κ1) is 13.9. The van der Waals surface area contributed by atoms with Crippen molar-refractivity contribution in [3.63, 3.8) is 0 Å². The number of oxime groups is 1. The molecule has 1 aromatic rings. The molecule has 5 nitrogen and oxygen atoms in total. The third kappa shape index (κ3) is 3.01. The van der Waals surface area contributed by atoms with E-state index >= 15 is 0 Å². The Morgan fingerprint density at radius 3 is 2.81 bits per heavy atom. The van der Waals surface area contributed by atoms with Gasteiger partial charge in [-0.1, -0.05) is 5.16 Å². The van der Waals surface area contributed by atoms with Gasteiger partial charge in [0.05, 0.1) is 5.71 Å². The van der Waals surface area contributed by atoms with Crippen LogP contribution in [-0.4, -0.2) is 41.4 Å². The Labute approximate surface area is 124 Å². The largest absolute Gasteiger partial charge is 0.484 e. The molecule has 0 saturated carbocycles. The highest BCUT2D eigenvalue weighted by Crippen LogP contribution is 2.26. The minimum Gasteiger partial charge on any atom is -0.484 e. The highest BCUT2D eigenvalue weighted by atomic mass is 16.5. The lowest BCUT2D eigenvalue weighted by Crippen LogP contribution is -2.38. The Morgan fingerprint density at radius 1 is 1.24 bits per heavy atom. The summed E-state index contributed by atoms with van der Waals surface area (Å²) in [6.45, 7) is 1.80. The van der Waals surface area contributed by atoms with Crippen molar-refractivity contribution in [2.45, 2.75) is 32.1 Å². The van der Waals surface area contributed by atoms with Crippen molar-refractivity contribution >= 4 is 11.6 Å². The van der Waals surface area contributed by atoms with Gasteiger partial charge in [-0.15, -0.1) is 0 Å². The Hall–Kier alpha value is -2.04. The quantitative estimate of drug-likeness (QED) is 0.685. The zero-order valence-corrected chi connectivity index (χ0v) is 12.0. The van der Waals surface area contributed by atoms with Crippen molar-refractivity contribution in [3.05, 3.63) is 29.3 Å². The standard InChI is InChI=1S/C16H20N2O3/c19-16(18-8-2-1-3-9-18)11-21-13-5-6-14-12(10-13)4-7-15(14)17-20/h5-6,10,20H,1-4,7-9,11H2/b17-15-. The molecule has 1 amide bonds. The van der Waals surface area contributed by atoms with Gasteiger partial charge in [0, 0.05) is 18.7 Å². The van der Waals surface area contributed by atoms with Gasteiger partial charge in [-0.2, -0.15) is 0 Å². The number of carbonyl (C=O) groups excluding carboxylic acids is 1. The SMILES string of the molecule is O=C(COc1ccc2c(c1)CC/C2=N/O)N1CCCCC1. The van der Waals surface area contributed by atoms with Crippen molar-refractivity contribution < 1.29 is 14.7 Å². The zero-order valence-electron chi connectivity index (χ0n) is 12.0.